The maximum atomic E-state index is 14.3. The summed E-state index contributed by atoms with van der Waals surface area (Å²) in [4.78, 5) is 15.2. The van der Waals surface area contributed by atoms with E-state index in [4.69, 9.17) is 0 Å². The number of halogens is 1. The molecule has 0 aliphatic carbocycles. The lowest BCUT2D eigenvalue weighted by Crippen LogP contribution is -2.38. The third kappa shape index (κ3) is 3.11. The van der Waals surface area contributed by atoms with Gasteiger partial charge >= 0.3 is 0 Å². The van der Waals surface area contributed by atoms with E-state index in [0.717, 1.165) is 36.8 Å². The highest BCUT2D eigenvalue weighted by Gasteiger charge is 2.26. The van der Waals surface area contributed by atoms with Gasteiger partial charge in [0.05, 0.1) is 11.1 Å². The van der Waals surface area contributed by atoms with Gasteiger partial charge in [-0.1, -0.05) is 36.4 Å². The summed E-state index contributed by atoms with van der Waals surface area (Å²) in [7, 11) is 1.80. The molecule has 0 bridgehead atoms. The predicted octanol–water partition coefficient (Wildman–Crippen LogP) is 4.81. The Morgan fingerprint density at radius 2 is 1.86 bits per heavy atom. The first-order valence-corrected chi connectivity index (χ1v) is 9.62. The monoisotopic (exact) mass is 377 g/mol. The number of aromatic nitrogens is 2. The van der Waals surface area contributed by atoms with Gasteiger partial charge in [-0.2, -0.15) is 5.10 Å². The van der Waals surface area contributed by atoms with Gasteiger partial charge in [-0.05, 0) is 43.9 Å². The van der Waals surface area contributed by atoms with Gasteiger partial charge in [-0.15, -0.1) is 0 Å². The minimum absolute atomic E-state index is 0.00819. The zero-order valence-corrected chi connectivity index (χ0v) is 16.3. The molecule has 4 nitrogen and oxygen atoms in total. The van der Waals surface area contributed by atoms with Gasteiger partial charge < -0.3 is 4.90 Å². The highest BCUT2D eigenvalue weighted by molar-refractivity contribution is 6.08. The maximum absolute atomic E-state index is 14.3. The Balaban J connectivity index is 1.72. The number of amides is 1. The van der Waals surface area contributed by atoms with Crippen LogP contribution in [0.1, 0.15) is 30.1 Å². The first-order chi connectivity index (χ1) is 13.5. The first-order valence-electron chi connectivity index (χ1n) is 9.62. The summed E-state index contributed by atoms with van der Waals surface area (Å²) < 4.78 is 16.0. The molecule has 0 saturated carbocycles. The Hall–Kier alpha value is -2.95. The molecule has 1 aliphatic rings. The van der Waals surface area contributed by atoms with Crippen LogP contribution in [-0.2, 0) is 7.05 Å². The fourth-order valence-electron chi connectivity index (χ4n) is 4.11. The molecule has 0 spiro atoms. The van der Waals surface area contributed by atoms with Crippen LogP contribution < -0.4 is 0 Å². The SMILES string of the molecule is C=C(C)C1CCN(C(=O)c2cccc3c(-c4ccccc4F)nn(C)c23)CC1. The van der Waals surface area contributed by atoms with E-state index >= 15 is 0 Å². The van der Waals surface area contributed by atoms with Gasteiger partial charge in [0.1, 0.15) is 11.5 Å². The van der Waals surface area contributed by atoms with Crippen molar-refractivity contribution in [2.75, 3.05) is 13.1 Å². The molecule has 0 radical (unpaired) electrons. The number of likely N-dealkylation sites (tertiary alicyclic amines) is 1. The van der Waals surface area contributed by atoms with Gasteiger partial charge in [0.25, 0.3) is 5.91 Å². The molecule has 2 aromatic carbocycles. The molecule has 1 aromatic heterocycles. The summed E-state index contributed by atoms with van der Waals surface area (Å²) >= 11 is 0. The second-order valence-corrected chi connectivity index (χ2v) is 7.57. The Labute approximate surface area is 164 Å². The van der Waals surface area contributed by atoms with Crippen LogP contribution in [0.15, 0.2) is 54.6 Å². The number of fused-ring (bicyclic) bond motifs is 1. The summed E-state index contributed by atoms with van der Waals surface area (Å²) in [5, 5.41) is 5.33. The molecule has 28 heavy (non-hydrogen) atoms. The van der Waals surface area contributed by atoms with Crippen molar-refractivity contribution >= 4 is 16.8 Å². The van der Waals surface area contributed by atoms with Crippen LogP contribution in [0.2, 0.25) is 0 Å². The Bertz CT molecular complexity index is 1060. The summed E-state index contributed by atoms with van der Waals surface area (Å²) in [6.07, 6.45) is 1.89. The first kappa shape index (κ1) is 18.4. The highest BCUT2D eigenvalue weighted by Crippen LogP contribution is 2.32. The average Bonchev–Trinajstić information content (AvgIpc) is 3.04. The van der Waals surface area contributed by atoms with Gasteiger partial charge in [-0.3, -0.25) is 9.48 Å². The van der Waals surface area contributed by atoms with Crippen molar-refractivity contribution in [3.05, 3.63) is 66.0 Å². The number of piperidine rings is 1. The number of allylic oxidation sites excluding steroid dienone is 1. The zero-order chi connectivity index (χ0) is 19.8. The van der Waals surface area contributed by atoms with Crippen molar-refractivity contribution in [3.63, 3.8) is 0 Å². The van der Waals surface area contributed by atoms with Gasteiger partial charge in [-0.25, -0.2) is 4.39 Å². The van der Waals surface area contributed by atoms with Gasteiger partial charge in [0.15, 0.2) is 0 Å². The van der Waals surface area contributed by atoms with E-state index in [1.165, 1.54) is 11.6 Å². The lowest BCUT2D eigenvalue weighted by atomic mass is 9.90. The molecular formula is C23H24FN3O. The number of carbonyl (C=O) groups excluding carboxylic acids is 1. The lowest BCUT2D eigenvalue weighted by molar-refractivity contribution is 0.0703. The predicted molar refractivity (Wildman–Crippen MR) is 110 cm³/mol. The molecule has 2 heterocycles. The van der Waals surface area contributed by atoms with Gasteiger partial charge in [0.2, 0.25) is 0 Å². The number of hydrogen-bond donors (Lipinski definition) is 0. The van der Waals surface area contributed by atoms with E-state index in [-0.39, 0.29) is 11.7 Å². The van der Waals surface area contributed by atoms with Crippen molar-refractivity contribution in [1.82, 2.24) is 14.7 Å². The van der Waals surface area contributed by atoms with E-state index in [1.807, 2.05) is 23.1 Å². The Kier molecular flexibility index (Phi) is 4.75. The quantitative estimate of drug-likeness (QED) is 0.615. The van der Waals surface area contributed by atoms with E-state index in [0.29, 0.717) is 22.7 Å². The van der Waals surface area contributed by atoms with Crippen LogP contribution in [0, 0.1) is 11.7 Å². The molecule has 0 unspecified atom stereocenters. The van der Waals surface area contributed by atoms with E-state index < -0.39 is 0 Å². The maximum Gasteiger partial charge on any atom is 0.256 e. The lowest BCUT2D eigenvalue weighted by Gasteiger charge is -2.32. The summed E-state index contributed by atoms with van der Waals surface area (Å²) in [6, 6.07) is 12.2. The fraction of sp³-hybridized carbons (Fsp3) is 0.304. The number of rotatable bonds is 3. The molecule has 1 amide bonds. The molecule has 0 atom stereocenters. The standard InChI is InChI=1S/C23H24FN3O/c1-15(2)16-11-13-27(14-12-16)23(28)19-9-6-8-18-21(25-26(3)22(18)19)17-7-4-5-10-20(17)24/h4-10,16H,1,11-14H2,2-3H3. The topological polar surface area (TPSA) is 38.1 Å². The molecule has 144 valence electrons. The minimum atomic E-state index is -0.318. The number of hydrogen-bond acceptors (Lipinski definition) is 2. The summed E-state index contributed by atoms with van der Waals surface area (Å²) in [6.45, 7) is 7.56. The van der Waals surface area contributed by atoms with E-state index in [1.54, 1.807) is 29.9 Å². The molecule has 1 saturated heterocycles. The summed E-state index contributed by atoms with van der Waals surface area (Å²) in [5.74, 6) is 0.180. The van der Waals surface area contributed by atoms with Crippen molar-refractivity contribution in [1.29, 1.82) is 0 Å². The van der Waals surface area contributed by atoms with Gasteiger partial charge in [0, 0.05) is 31.1 Å². The highest BCUT2D eigenvalue weighted by atomic mass is 19.1. The molecule has 5 heteroatoms. The smallest absolute Gasteiger partial charge is 0.256 e. The molecular weight excluding hydrogens is 353 g/mol. The van der Waals surface area contributed by atoms with Crippen LogP contribution >= 0.6 is 0 Å². The number of para-hydroxylation sites is 1. The average molecular weight is 377 g/mol. The van der Waals surface area contributed by atoms with Crippen LogP contribution in [0.5, 0.6) is 0 Å². The molecule has 1 aliphatic heterocycles. The number of nitrogens with zero attached hydrogens (tertiary/aromatic N) is 3. The third-order valence-corrected chi connectivity index (χ3v) is 5.70. The molecule has 0 N–H and O–H groups in total. The molecule has 4 rings (SSSR count). The second-order valence-electron chi connectivity index (χ2n) is 7.57. The van der Waals surface area contributed by atoms with E-state index in [2.05, 4.69) is 18.6 Å². The molecule has 1 fully saturated rings. The van der Waals surface area contributed by atoms with Crippen LogP contribution in [0.3, 0.4) is 0 Å². The Morgan fingerprint density at radius 1 is 1.14 bits per heavy atom. The number of benzene rings is 2. The number of aryl methyl sites for hydroxylation is 1. The van der Waals surface area contributed by atoms with Crippen LogP contribution in [-0.4, -0.2) is 33.7 Å². The minimum Gasteiger partial charge on any atom is -0.339 e. The number of carbonyl (C=O) groups is 1. The van der Waals surface area contributed by atoms with Crippen molar-refractivity contribution in [3.8, 4) is 11.3 Å². The molecule has 3 aromatic rings. The zero-order valence-electron chi connectivity index (χ0n) is 16.3. The van der Waals surface area contributed by atoms with Crippen molar-refractivity contribution < 1.29 is 9.18 Å². The Morgan fingerprint density at radius 3 is 2.54 bits per heavy atom. The van der Waals surface area contributed by atoms with Crippen molar-refractivity contribution in [2.45, 2.75) is 19.8 Å². The van der Waals surface area contributed by atoms with Crippen molar-refractivity contribution in [2.24, 2.45) is 13.0 Å². The summed E-state index contributed by atoms with van der Waals surface area (Å²) in [5.41, 5.74) is 3.55. The third-order valence-electron chi connectivity index (χ3n) is 5.70. The van der Waals surface area contributed by atoms with Crippen LogP contribution in [0.25, 0.3) is 22.2 Å². The van der Waals surface area contributed by atoms with E-state index in [9.17, 15) is 9.18 Å². The fourth-order valence-corrected chi connectivity index (χ4v) is 4.11. The second kappa shape index (κ2) is 7.23. The largest absolute Gasteiger partial charge is 0.339 e. The van der Waals surface area contributed by atoms with Crippen LogP contribution in [0.4, 0.5) is 4.39 Å². The normalized spacial score (nSPS) is 15.2.